The van der Waals surface area contributed by atoms with Crippen molar-refractivity contribution >= 4 is 11.7 Å². The van der Waals surface area contributed by atoms with Crippen molar-refractivity contribution in [2.45, 2.75) is 45.2 Å². The maximum Gasteiger partial charge on any atom is 0.319 e. The van der Waals surface area contributed by atoms with Crippen molar-refractivity contribution in [1.29, 1.82) is 0 Å². The highest BCUT2D eigenvalue weighted by molar-refractivity contribution is 5.89. The molecule has 134 valence electrons. The largest absolute Gasteiger partial charge is 0.444 e. The van der Waals surface area contributed by atoms with Crippen molar-refractivity contribution in [3.8, 4) is 0 Å². The molecule has 0 spiro atoms. The smallest absolute Gasteiger partial charge is 0.319 e. The summed E-state index contributed by atoms with van der Waals surface area (Å²) in [5.74, 6) is 1.68. The highest BCUT2D eigenvalue weighted by Crippen LogP contribution is 2.19. The second kappa shape index (κ2) is 8.67. The lowest BCUT2D eigenvalue weighted by Gasteiger charge is -2.34. The van der Waals surface area contributed by atoms with E-state index in [2.05, 4.69) is 27.4 Å². The number of anilines is 1. The average Bonchev–Trinajstić information content (AvgIpc) is 3.09. The van der Waals surface area contributed by atoms with Gasteiger partial charge in [-0.3, -0.25) is 4.90 Å². The van der Waals surface area contributed by atoms with Crippen molar-refractivity contribution < 1.29 is 9.21 Å². The first-order valence-corrected chi connectivity index (χ1v) is 9.02. The van der Waals surface area contributed by atoms with Gasteiger partial charge in [0.05, 0.1) is 12.7 Å². The average molecular weight is 342 g/mol. The zero-order valence-corrected chi connectivity index (χ0v) is 14.7. The minimum Gasteiger partial charge on any atom is -0.444 e. The molecule has 1 aromatic heterocycles. The number of carbonyl (C=O) groups excluding carboxylic acids is 1. The first-order valence-electron chi connectivity index (χ1n) is 9.02. The molecule has 0 aliphatic carbocycles. The molecule has 1 atom stereocenters. The first-order chi connectivity index (χ1) is 12.2. The second-order valence-electron chi connectivity index (χ2n) is 6.39. The standard InChI is InChI=1S/C19H26N4O2/c1-2-17-13-20-18(25-17)14-23-11-7-6-10-16(23)12-21-19(24)22-15-8-4-3-5-9-15/h3-5,8-9,13,16H,2,6-7,10-12,14H2,1H3,(H2,21,22,24)/t16-/m1/s1. The second-order valence-corrected chi connectivity index (χ2v) is 6.39. The third-order valence-corrected chi connectivity index (χ3v) is 4.57. The van der Waals surface area contributed by atoms with E-state index in [-0.39, 0.29) is 6.03 Å². The molecule has 1 aliphatic heterocycles. The number of aryl methyl sites for hydroxylation is 1. The zero-order chi connectivity index (χ0) is 17.5. The number of hydrogen-bond acceptors (Lipinski definition) is 4. The fourth-order valence-corrected chi connectivity index (χ4v) is 3.16. The lowest BCUT2D eigenvalue weighted by atomic mass is 10.0. The molecule has 0 radical (unpaired) electrons. The van der Waals surface area contributed by atoms with Crippen LogP contribution in [-0.4, -0.2) is 35.0 Å². The fraction of sp³-hybridized carbons (Fsp3) is 0.474. The Labute approximate surface area is 148 Å². The Hall–Kier alpha value is -2.34. The number of hydrogen-bond donors (Lipinski definition) is 2. The van der Waals surface area contributed by atoms with Crippen LogP contribution in [0.2, 0.25) is 0 Å². The third kappa shape index (κ3) is 5.06. The Morgan fingerprint density at radius 2 is 2.16 bits per heavy atom. The molecule has 1 aliphatic rings. The predicted octanol–water partition coefficient (Wildman–Crippen LogP) is 3.41. The third-order valence-electron chi connectivity index (χ3n) is 4.57. The van der Waals surface area contributed by atoms with Gasteiger partial charge in [-0.1, -0.05) is 31.5 Å². The lowest BCUT2D eigenvalue weighted by molar-refractivity contribution is 0.126. The number of rotatable bonds is 6. The number of nitrogens with one attached hydrogen (secondary N) is 2. The Morgan fingerprint density at radius 1 is 1.32 bits per heavy atom. The molecule has 1 saturated heterocycles. The van der Waals surface area contributed by atoms with E-state index in [9.17, 15) is 4.79 Å². The maximum absolute atomic E-state index is 12.1. The number of likely N-dealkylation sites (tertiary alicyclic amines) is 1. The van der Waals surface area contributed by atoms with E-state index in [1.807, 2.05) is 30.3 Å². The summed E-state index contributed by atoms with van der Waals surface area (Å²) in [6, 6.07) is 9.63. The van der Waals surface area contributed by atoms with Gasteiger partial charge in [0.15, 0.2) is 0 Å². The number of benzene rings is 1. The Bertz CT molecular complexity index is 671. The van der Waals surface area contributed by atoms with Crippen LogP contribution in [0.15, 0.2) is 40.9 Å². The number of carbonyl (C=O) groups is 1. The summed E-state index contributed by atoms with van der Waals surface area (Å²) in [5.41, 5.74) is 0.799. The number of nitrogens with zero attached hydrogens (tertiary/aromatic N) is 2. The minimum absolute atomic E-state index is 0.166. The molecule has 0 bridgehead atoms. The van der Waals surface area contributed by atoms with E-state index in [4.69, 9.17) is 4.42 Å². The Morgan fingerprint density at radius 3 is 2.92 bits per heavy atom. The van der Waals surface area contributed by atoms with Crippen LogP contribution in [0.5, 0.6) is 0 Å². The summed E-state index contributed by atoms with van der Waals surface area (Å²) in [7, 11) is 0. The van der Waals surface area contributed by atoms with Gasteiger partial charge < -0.3 is 15.1 Å². The van der Waals surface area contributed by atoms with Gasteiger partial charge in [0.2, 0.25) is 5.89 Å². The minimum atomic E-state index is -0.166. The van der Waals surface area contributed by atoms with Crippen LogP contribution in [0.1, 0.15) is 37.8 Å². The van der Waals surface area contributed by atoms with Gasteiger partial charge in [-0.05, 0) is 31.5 Å². The van der Waals surface area contributed by atoms with Crippen LogP contribution in [0.4, 0.5) is 10.5 Å². The van der Waals surface area contributed by atoms with E-state index in [1.165, 1.54) is 12.8 Å². The number of amides is 2. The van der Waals surface area contributed by atoms with E-state index >= 15 is 0 Å². The van der Waals surface area contributed by atoms with Crippen molar-refractivity contribution in [2.75, 3.05) is 18.4 Å². The van der Waals surface area contributed by atoms with Gasteiger partial charge in [-0.25, -0.2) is 9.78 Å². The van der Waals surface area contributed by atoms with Crippen LogP contribution in [0.3, 0.4) is 0 Å². The monoisotopic (exact) mass is 342 g/mol. The predicted molar refractivity (Wildman–Crippen MR) is 97.4 cm³/mol. The molecule has 1 aromatic carbocycles. The van der Waals surface area contributed by atoms with E-state index in [1.54, 1.807) is 6.20 Å². The summed E-state index contributed by atoms with van der Waals surface area (Å²) < 4.78 is 5.74. The van der Waals surface area contributed by atoms with Crippen LogP contribution < -0.4 is 10.6 Å². The highest BCUT2D eigenvalue weighted by atomic mass is 16.4. The molecule has 25 heavy (non-hydrogen) atoms. The lowest BCUT2D eigenvalue weighted by Crippen LogP contribution is -2.47. The normalized spacial score (nSPS) is 18.0. The van der Waals surface area contributed by atoms with Crippen molar-refractivity contribution in [1.82, 2.24) is 15.2 Å². The van der Waals surface area contributed by atoms with Gasteiger partial charge >= 0.3 is 6.03 Å². The number of aromatic nitrogens is 1. The van der Waals surface area contributed by atoms with E-state index < -0.39 is 0 Å². The highest BCUT2D eigenvalue weighted by Gasteiger charge is 2.24. The van der Waals surface area contributed by atoms with E-state index in [0.29, 0.717) is 19.1 Å². The molecule has 6 nitrogen and oxygen atoms in total. The molecule has 2 N–H and O–H groups in total. The fourth-order valence-electron chi connectivity index (χ4n) is 3.16. The van der Waals surface area contributed by atoms with Crippen molar-refractivity contribution in [3.05, 3.63) is 48.2 Å². The summed E-state index contributed by atoms with van der Waals surface area (Å²) in [4.78, 5) is 18.8. The quantitative estimate of drug-likeness (QED) is 0.844. The molecule has 2 aromatic rings. The van der Waals surface area contributed by atoms with E-state index in [0.717, 1.165) is 36.7 Å². The van der Waals surface area contributed by atoms with Gasteiger partial charge in [0.25, 0.3) is 0 Å². The van der Waals surface area contributed by atoms with Gasteiger partial charge in [-0.15, -0.1) is 0 Å². The molecule has 6 heteroatoms. The van der Waals surface area contributed by atoms with Crippen LogP contribution in [0, 0.1) is 0 Å². The van der Waals surface area contributed by atoms with Crippen LogP contribution in [0.25, 0.3) is 0 Å². The molecule has 1 fully saturated rings. The molecule has 2 heterocycles. The maximum atomic E-state index is 12.1. The molecule has 0 unspecified atom stereocenters. The number of para-hydroxylation sites is 1. The van der Waals surface area contributed by atoms with Crippen LogP contribution >= 0.6 is 0 Å². The number of oxazole rings is 1. The van der Waals surface area contributed by atoms with Crippen molar-refractivity contribution in [2.24, 2.45) is 0 Å². The molecule has 2 amide bonds. The molecule has 3 rings (SSSR count). The summed E-state index contributed by atoms with van der Waals surface area (Å²) >= 11 is 0. The first kappa shape index (κ1) is 17.5. The summed E-state index contributed by atoms with van der Waals surface area (Å²) in [6.45, 7) is 4.40. The SMILES string of the molecule is CCc1cnc(CN2CCCC[C@@H]2CNC(=O)Nc2ccccc2)o1. The topological polar surface area (TPSA) is 70.4 Å². The number of piperidine rings is 1. The van der Waals surface area contributed by atoms with Gasteiger partial charge in [0, 0.05) is 24.7 Å². The van der Waals surface area contributed by atoms with Gasteiger partial charge in [-0.2, -0.15) is 0 Å². The molecular formula is C19H26N4O2. The van der Waals surface area contributed by atoms with Crippen LogP contribution in [-0.2, 0) is 13.0 Å². The van der Waals surface area contributed by atoms with Gasteiger partial charge in [0.1, 0.15) is 5.76 Å². The Kier molecular flexibility index (Phi) is 6.06. The molecular weight excluding hydrogens is 316 g/mol. The molecule has 0 saturated carbocycles. The summed E-state index contributed by atoms with van der Waals surface area (Å²) in [5, 5.41) is 5.85. The Balaban J connectivity index is 1.51. The summed E-state index contributed by atoms with van der Waals surface area (Å²) in [6.07, 6.45) is 6.10. The van der Waals surface area contributed by atoms with Crippen molar-refractivity contribution in [3.63, 3.8) is 0 Å². The number of urea groups is 1. The zero-order valence-electron chi connectivity index (χ0n) is 14.7.